The van der Waals surface area contributed by atoms with E-state index < -0.39 is 28.1 Å². The number of hydrogen-bond donors (Lipinski definition) is 0. The lowest BCUT2D eigenvalue weighted by Crippen LogP contribution is -2.16. The first kappa shape index (κ1) is 7.69. The Labute approximate surface area is 66.3 Å². The van der Waals surface area contributed by atoms with Crippen LogP contribution in [-0.2, 0) is 14.4 Å². The van der Waals surface area contributed by atoms with Gasteiger partial charge in [0.2, 0.25) is 11.6 Å². The molecule has 1 saturated carbocycles. The monoisotopic (exact) mass is 180 g/mol. The molecule has 3 nitrogen and oxygen atoms in total. The third kappa shape index (κ3) is 0.859. The Kier molecular flexibility index (Phi) is 1.79. The predicted octanol–water partition coefficient (Wildman–Crippen LogP) is -0.0779. The third-order valence-electron chi connectivity index (χ3n) is 1.20. The summed E-state index contributed by atoms with van der Waals surface area (Å²) in [6.07, 6.45) is 0. The van der Waals surface area contributed by atoms with Crippen LogP contribution >= 0.6 is 23.2 Å². The average molecular weight is 181 g/mol. The van der Waals surface area contributed by atoms with Crippen molar-refractivity contribution >= 4 is 40.6 Å². The van der Waals surface area contributed by atoms with Crippen LogP contribution < -0.4 is 0 Å². The topological polar surface area (TPSA) is 51.2 Å². The number of halogens is 2. The van der Waals surface area contributed by atoms with E-state index in [0.29, 0.717) is 0 Å². The summed E-state index contributed by atoms with van der Waals surface area (Å²) in [6.45, 7) is 0. The van der Waals surface area contributed by atoms with Crippen LogP contribution in [0.4, 0.5) is 0 Å². The van der Waals surface area contributed by atoms with Gasteiger partial charge in [-0.15, -0.1) is 23.2 Å². The van der Waals surface area contributed by atoms with Crippen LogP contribution in [0.2, 0.25) is 0 Å². The number of carbonyl (C=O) groups is 3. The van der Waals surface area contributed by atoms with Crippen molar-refractivity contribution < 1.29 is 14.4 Å². The highest BCUT2D eigenvalue weighted by Gasteiger charge is 2.46. The Morgan fingerprint density at radius 2 is 1.20 bits per heavy atom. The summed E-state index contributed by atoms with van der Waals surface area (Å²) in [5, 5.41) is -2.70. The number of carbonyl (C=O) groups excluding carboxylic acids is 3. The Balaban J connectivity index is 3.00. The molecule has 0 aromatic heterocycles. The van der Waals surface area contributed by atoms with E-state index in [9.17, 15) is 14.4 Å². The van der Waals surface area contributed by atoms with Gasteiger partial charge in [-0.2, -0.15) is 0 Å². The maximum absolute atomic E-state index is 10.6. The molecule has 1 aliphatic rings. The molecule has 0 aromatic carbocycles. The molecule has 0 saturated heterocycles. The molecule has 5 heteroatoms. The fourth-order valence-electron chi connectivity index (χ4n) is 0.637. The van der Waals surface area contributed by atoms with Gasteiger partial charge >= 0.3 is 0 Å². The van der Waals surface area contributed by atoms with E-state index in [1.165, 1.54) is 0 Å². The quantitative estimate of drug-likeness (QED) is 0.298. The molecule has 2 atom stereocenters. The SMILES string of the molecule is O=C1C(=O)C(Cl)C(=O)C1Cl. The van der Waals surface area contributed by atoms with Crippen LogP contribution in [0, 0.1) is 0 Å². The summed E-state index contributed by atoms with van der Waals surface area (Å²) in [7, 11) is 0. The van der Waals surface area contributed by atoms with Gasteiger partial charge in [-0.3, -0.25) is 14.4 Å². The Bertz CT molecular complexity index is 201. The smallest absolute Gasteiger partial charge is 0.225 e. The first-order valence-corrected chi connectivity index (χ1v) is 3.33. The largest absolute Gasteiger partial charge is 0.295 e. The molecule has 0 amide bonds. The maximum atomic E-state index is 10.6. The van der Waals surface area contributed by atoms with Crippen LogP contribution in [0.15, 0.2) is 0 Å². The molecule has 54 valence electrons. The molecule has 1 fully saturated rings. The number of ketones is 3. The zero-order chi connectivity index (χ0) is 7.89. The van der Waals surface area contributed by atoms with Crippen LogP contribution in [0.1, 0.15) is 0 Å². The zero-order valence-electron chi connectivity index (χ0n) is 4.64. The number of hydrogen-bond acceptors (Lipinski definition) is 3. The normalized spacial score (nSPS) is 33.6. The van der Waals surface area contributed by atoms with Crippen molar-refractivity contribution in [3.63, 3.8) is 0 Å². The van der Waals surface area contributed by atoms with Crippen molar-refractivity contribution in [2.45, 2.75) is 10.8 Å². The number of Topliss-reactive ketones (excluding diaryl/α,β-unsaturated/α-hetero) is 3. The molecule has 2 unspecified atom stereocenters. The minimum absolute atomic E-state index is 0.710. The second-order valence-electron chi connectivity index (χ2n) is 1.86. The van der Waals surface area contributed by atoms with Gasteiger partial charge < -0.3 is 0 Å². The minimum Gasteiger partial charge on any atom is -0.295 e. The second-order valence-corrected chi connectivity index (χ2v) is 2.73. The summed E-state index contributed by atoms with van der Waals surface area (Å²) in [5.41, 5.74) is 0. The Morgan fingerprint density at radius 1 is 0.900 bits per heavy atom. The number of rotatable bonds is 0. The van der Waals surface area contributed by atoms with Gasteiger partial charge in [0.05, 0.1) is 0 Å². The highest BCUT2D eigenvalue weighted by Crippen LogP contribution is 2.18. The van der Waals surface area contributed by atoms with E-state index in [1.54, 1.807) is 0 Å². The van der Waals surface area contributed by atoms with Gasteiger partial charge in [0.15, 0.2) is 16.5 Å². The second kappa shape index (κ2) is 2.32. The third-order valence-corrected chi connectivity index (χ3v) is 2.03. The fraction of sp³-hybridized carbons (Fsp3) is 0.400. The lowest BCUT2D eigenvalue weighted by Gasteiger charge is -1.89. The van der Waals surface area contributed by atoms with Crippen molar-refractivity contribution in [1.82, 2.24) is 0 Å². The van der Waals surface area contributed by atoms with E-state index in [0.717, 1.165) is 0 Å². The van der Waals surface area contributed by atoms with E-state index >= 15 is 0 Å². The first-order valence-electron chi connectivity index (χ1n) is 2.45. The van der Waals surface area contributed by atoms with Crippen LogP contribution in [0.3, 0.4) is 0 Å². The van der Waals surface area contributed by atoms with E-state index in [1.807, 2.05) is 0 Å². The highest BCUT2D eigenvalue weighted by molar-refractivity contribution is 6.72. The van der Waals surface area contributed by atoms with Crippen LogP contribution in [0.25, 0.3) is 0 Å². The molecule has 1 aliphatic carbocycles. The molecule has 10 heavy (non-hydrogen) atoms. The molecule has 0 aromatic rings. The first-order chi connectivity index (χ1) is 4.55. The van der Waals surface area contributed by atoms with Gasteiger partial charge in [-0.05, 0) is 0 Å². The van der Waals surface area contributed by atoms with Gasteiger partial charge in [0, 0.05) is 0 Å². The van der Waals surface area contributed by atoms with Gasteiger partial charge in [0.25, 0.3) is 0 Å². The number of alkyl halides is 2. The van der Waals surface area contributed by atoms with E-state index in [4.69, 9.17) is 23.2 Å². The van der Waals surface area contributed by atoms with Crippen molar-refractivity contribution in [3.8, 4) is 0 Å². The Hall–Kier alpha value is -0.410. The lowest BCUT2D eigenvalue weighted by molar-refractivity contribution is -0.133. The van der Waals surface area contributed by atoms with Crippen LogP contribution in [0.5, 0.6) is 0 Å². The van der Waals surface area contributed by atoms with E-state index in [-0.39, 0.29) is 0 Å². The average Bonchev–Trinajstić information content (AvgIpc) is 2.07. The molecule has 0 spiro atoms. The standard InChI is InChI=1S/C5H2Cl2O3/c6-1-3(8)2(7)5(10)4(1)9/h1-2H. The summed E-state index contributed by atoms with van der Waals surface area (Å²) in [5.74, 6) is -2.50. The van der Waals surface area contributed by atoms with Gasteiger partial charge in [-0.25, -0.2) is 0 Å². The zero-order valence-corrected chi connectivity index (χ0v) is 6.15. The summed E-state index contributed by atoms with van der Waals surface area (Å²) < 4.78 is 0. The molecule has 0 bridgehead atoms. The summed E-state index contributed by atoms with van der Waals surface area (Å²) in [6, 6.07) is 0. The lowest BCUT2D eigenvalue weighted by atomic mass is 10.3. The van der Waals surface area contributed by atoms with E-state index in [2.05, 4.69) is 0 Å². The molecule has 0 radical (unpaired) electrons. The maximum Gasteiger partial charge on any atom is 0.225 e. The van der Waals surface area contributed by atoms with Crippen molar-refractivity contribution in [2.24, 2.45) is 0 Å². The van der Waals surface area contributed by atoms with Crippen molar-refractivity contribution in [1.29, 1.82) is 0 Å². The molecule has 0 aliphatic heterocycles. The molecular weight excluding hydrogens is 179 g/mol. The van der Waals surface area contributed by atoms with Crippen LogP contribution in [-0.4, -0.2) is 28.1 Å². The van der Waals surface area contributed by atoms with Crippen molar-refractivity contribution in [2.75, 3.05) is 0 Å². The van der Waals surface area contributed by atoms with Gasteiger partial charge in [0.1, 0.15) is 0 Å². The Morgan fingerprint density at radius 3 is 1.30 bits per heavy atom. The highest BCUT2D eigenvalue weighted by atomic mass is 35.5. The fourth-order valence-corrected chi connectivity index (χ4v) is 1.17. The molecular formula is C5H2Cl2O3. The minimum atomic E-state index is -1.35. The van der Waals surface area contributed by atoms with Crippen molar-refractivity contribution in [3.05, 3.63) is 0 Å². The predicted molar refractivity (Wildman–Crippen MR) is 34.3 cm³/mol. The summed E-state index contributed by atoms with van der Waals surface area (Å²) in [4.78, 5) is 31.7. The van der Waals surface area contributed by atoms with Gasteiger partial charge in [-0.1, -0.05) is 0 Å². The molecule has 0 N–H and O–H groups in total. The molecule has 0 heterocycles. The molecule has 1 rings (SSSR count). The summed E-state index contributed by atoms with van der Waals surface area (Å²) >= 11 is 10.4.